The number of esters is 1. The highest BCUT2D eigenvalue weighted by Gasteiger charge is 2.29. The number of hydrogen-bond donors (Lipinski definition) is 1. The molecular formula is C20H22O8. The fourth-order valence-corrected chi connectivity index (χ4v) is 3.19. The molecule has 2 aromatic carbocycles. The number of fused-ring (bicyclic) bond motifs is 1. The first-order chi connectivity index (χ1) is 13.5. The van der Waals surface area contributed by atoms with Crippen LogP contribution in [0.25, 0.3) is 0 Å². The molecule has 1 aliphatic rings. The summed E-state index contributed by atoms with van der Waals surface area (Å²) in [6, 6.07) is 6.51. The average Bonchev–Trinajstić information content (AvgIpc) is 3.17. The molecule has 2 aromatic rings. The Balaban J connectivity index is 2.18. The predicted molar refractivity (Wildman–Crippen MR) is 98.8 cm³/mol. The van der Waals surface area contributed by atoms with E-state index < -0.39 is 11.9 Å². The van der Waals surface area contributed by atoms with E-state index in [1.54, 1.807) is 18.2 Å². The number of hydrogen-bond acceptors (Lipinski definition) is 8. The molecule has 150 valence electrons. The molecule has 1 aliphatic heterocycles. The van der Waals surface area contributed by atoms with Gasteiger partial charge in [0.1, 0.15) is 11.5 Å². The second-order valence-electron chi connectivity index (χ2n) is 6.05. The van der Waals surface area contributed by atoms with Gasteiger partial charge in [-0.2, -0.15) is 0 Å². The Morgan fingerprint density at radius 1 is 0.929 bits per heavy atom. The van der Waals surface area contributed by atoms with Crippen molar-refractivity contribution in [1.29, 1.82) is 0 Å². The first-order valence-electron chi connectivity index (χ1n) is 8.51. The third-order valence-electron chi connectivity index (χ3n) is 4.61. The van der Waals surface area contributed by atoms with Gasteiger partial charge in [0.15, 0.2) is 23.0 Å². The molecule has 1 heterocycles. The van der Waals surface area contributed by atoms with E-state index in [1.165, 1.54) is 34.5 Å². The summed E-state index contributed by atoms with van der Waals surface area (Å²) in [5.74, 6) is 1.29. The third-order valence-corrected chi connectivity index (χ3v) is 4.61. The van der Waals surface area contributed by atoms with E-state index in [-0.39, 0.29) is 19.0 Å². The predicted octanol–water partition coefficient (Wildman–Crippen LogP) is 2.84. The molecule has 28 heavy (non-hydrogen) atoms. The molecule has 1 atom stereocenters. The molecule has 0 fully saturated rings. The Hall–Kier alpha value is -3.29. The van der Waals surface area contributed by atoms with Crippen LogP contribution in [0.5, 0.6) is 34.5 Å². The summed E-state index contributed by atoms with van der Waals surface area (Å²) >= 11 is 0. The first kappa shape index (κ1) is 19.5. The second-order valence-corrected chi connectivity index (χ2v) is 6.05. The maximum atomic E-state index is 12.1. The van der Waals surface area contributed by atoms with Crippen molar-refractivity contribution in [3.8, 4) is 34.5 Å². The van der Waals surface area contributed by atoms with Crippen molar-refractivity contribution in [2.24, 2.45) is 0 Å². The SMILES string of the molecule is COC(=O)C[C@@H](c1cc2c(cc1O)OCO2)c1cc(OC)c(OC)cc1OC. The van der Waals surface area contributed by atoms with Crippen LogP contribution in [-0.4, -0.2) is 46.3 Å². The summed E-state index contributed by atoms with van der Waals surface area (Å²) in [5.41, 5.74) is 1.10. The Kier molecular flexibility index (Phi) is 5.67. The summed E-state index contributed by atoms with van der Waals surface area (Å²) in [6.45, 7) is 0.0690. The fraction of sp³-hybridized carbons (Fsp3) is 0.350. The van der Waals surface area contributed by atoms with E-state index in [9.17, 15) is 9.90 Å². The molecule has 0 unspecified atom stereocenters. The van der Waals surface area contributed by atoms with E-state index in [1.807, 2.05) is 0 Å². The number of aromatic hydroxyl groups is 1. The van der Waals surface area contributed by atoms with Crippen LogP contribution >= 0.6 is 0 Å². The molecule has 0 aromatic heterocycles. The zero-order valence-electron chi connectivity index (χ0n) is 16.1. The number of methoxy groups -OCH3 is 4. The number of carbonyl (C=O) groups is 1. The molecular weight excluding hydrogens is 368 g/mol. The van der Waals surface area contributed by atoms with Gasteiger partial charge >= 0.3 is 5.97 Å². The molecule has 1 N–H and O–H groups in total. The number of ether oxygens (including phenoxy) is 6. The van der Waals surface area contributed by atoms with Crippen molar-refractivity contribution in [1.82, 2.24) is 0 Å². The lowest BCUT2D eigenvalue weighted by molar-refractivity contribution is -0.140. The smallest absolute Gasteiger partial charge is 0.306 e. The number of carbonyl (C=O) groups excluding carboxylic acids is 1. The van der Waals surface area contributed by atoms with E-state index >= 15 is 0 Å². The molecule has 8 heteroatoms. The van der Waals surface area contributed by atoms with Crippen LogP contribution in [0, 0.1) is 0 Å². The molecule has 3 rings (SSSR count). The average molecular weight is 390 g/mol. The van der Waals surface area contributed by atoms with E-state index in [2.05, 4.69) is 0 Å². The largest absolute Gasteiger partial charge is 0.508 e. The van der Waals surface area contributed by atoms with Gasteiger partial charge in [0, 0.05) is 29.2 Å². The van der Waals surface area contributed by atoms with Crippen molar-refractivity contribution in [3.63, 3.8) is 0 Å². The Morgan fingerprint density at radius 3 is 2.14 bits per heavy atom. The first-order valence-corrected chi connectivity index (χ1v) is 8.51. The molecule has 0 spiro atoms. The van der Waals surface area contributed by atoms with Gasteiger partial charge in [-0.3, -0.25) is 4.79 Å². The Labute approximate surface area is 162 Å². The highest BCUT2D eigenvalue weighted by Crippen LogP contribution is 2.47. The van der Waals surface area contributed by atoms with Gasteiger partial charge in [-0.15, -0.1) is 0 Å². The van der Waals surface area contributed by atoms with Crippen LogP contribution in [0.4, 0.5) is 0 Å². The highest BCUT2D eigenvalue weighted by molar-refractivity contribution is 5.73. The topological polar surface area (TPSA) is 92.7 Å². The van der Waals surface area contributed by atoms with E-state index in [0.717, 1.165) is 0 Å². The van der Waals surface area contributed by atoms with Crippen molar-refractivity contribution in [3.05, 3.63) is 35.4 Å². The quantitative estimate of drug-likeness (QED) is 0.722. The van der Waals surface area contributed by atoms with Gasteiger partial charge in [-0.25, -0.2) is 0 Å². The minimum atomic E-state index is -0.586. The maximum absolute atomic E-state index is 12.1. The van der Waals surface area contributed by atoms with Crippen LogP contribution in [0.15, 0.2) is 24.3 Å². The van der Waals surface area contributed by atoms with Crippen LogP contribution < -0.4 is 23.7 Å². The van der Waals surface area contributed by atoms with Crippen molar-refractivity contribution in [2.45, 2.75) is 12.3 Å². The number of rotatable bonds is 7. The van der Waals surface area contributed by atoms with Crippen LogP contribution in [0.3, 0.4) is 0 Å². The van der Waals surface area contributed by atoms with Crippen LogP contribution in [0.1, 0.15) is 23.5 Å². The van der Waals surface area contributed by atoms with Crippen molar-refractivity contribution < 1.29 is 38.3 Å². The summed E-state index contributed by atoms with van der Waals surface area (Å²) in [6.07, 6.45) is -0.0322. The molecule has 0 saturated carbocycles. The number of phenols is 1. The van der Waals surface area contributed by atoms with Crippen LogP contribution in [0.2, 0.25) is 0 Å². The lowest BCUT2D eigenvalue weighted by atomic mass is 9.86. The molecule has 0 bridgehead atoms. The minimum Gasteiger partial charge on any atom is -0.508 e. The van der Waals surface area contributed by atoms with E-state index in [4.69, 9.17) is 28.4 Å². The summed E-state index contributed by atoms with van der Waals surface area (Å²) < 4.78 is 31.8. The zero-order valence-corrected chi connectivity index (χ0v) is 16.1. The summed E-state index contributed by atoms with van der Waals surface area (Å²) in [5, 5.41) is 10.6. The van der Waals surface area contributed by atoms with Gasteiger partial charge in [-0.1, -0.05) is 0 Å². The number of benzene rings is 2. The minimum absolute atomic E-state index is 0.0322. The summed E-state index contributed by atoms with van der Waals surface area (Å²) in [4.78, 5) is 12.1. The summed E-state index contributed by atoms with van der Waals surface area (Å²) in [7, 11) is 5.86. The van der Waals surface area contributed by atoms with Gasteiger partial charge < -0.3 is 33.5 Å². The van der Waals surface area contributed by atoms with E-state index in [0.29, 0.717) is 39.9 Å². The standard InChI is InChI=1S/C20H22O8/c1-23-15-9-17(25-3)16(24-2)6-13(15)11(7-20(22)26-4)12-5-18-19(8-14(12)21)28-10-27-18/h5-6,8-9,11,21H,7,10H2,1-4H3/t11-/m0/s1. The normalized spacial score (nSPS) is 13.0. The van der Waals surface area contributed by atoms with Gasteiger partial charge in [-0.05, 0) is 12.1 Å². The van der Waals surface area contributed by atoms with Gasteiger partial charge in [0.05, 0.1) is 34.9 Å². The fourth-order valence-electron chi connectivity index (χ4n) is 3.19. The Bertz CT molecular complexity index is 877. The maximum Gasteiger partial charge on any atom is 0.306 e. The highest BCUT2D eigenvalue weighted by atomic mass is 16.7. The second kappa shape index (κ2) is 8.16. The molecule has 8 nitrogen and oxygen atoms in total. The van der Waals surface area contributed by atoms with Gasteiger partial charge in [0.2, 0.25) is 6.79 Å². The third kappa shape index (κ3) is 3.58. The lowest BCUT2D eigenvalue weighted by Gasteiger charge is -2.22. The molecule has 0 amide bonds. The molecule has 0 saturated heterocycles. The van der Waals surface area contributed by atoms with Crippen LogP contribution in [-0.2, 0) is 9.53 Å². The van der Waals surface area contributed by atoms with Crippen molar-refractivity contribution >= 4 is 5.97 Å². The lowest BCUT2D eigenvalue weighted by Crippen LogP contribution is -2.12. The zero-order chi connectivity index (χ0) is 20.3. The monoisotopic (exact) mass is 390 g/mol. The molecule has 0 aliphatic carbocycles. The Morgan fingerprint density at radius 2 is 1.54 bits per heavy atom. The van der Waals surface area contributed by atoms with Gasteiger partial charge in [0.25, 0.3) is 0 Å². The molecule has 0 radical (unpaired) electrons. The van der Waals surface area contributed by atoms with Crippen molar-refractivity contribution in [2.75, 3.05) is 35.2 Å². The number of phenolic OH excluding ortho intramolecular Hbond substituents is 1.